The van der Waals surface area contributed by atoms with Crippen molar-refractivity contribution in [3.8, 4) is 5.75 Å². The minimum Gasteiger partial charge on any atom is -0.492 e. The first-order valence-corrected chi connectivity index (χ1v) is 9.39. The summed E-state index contributed by atoms with van der Waals surface area (Å²) >= 11 is 0. The molecule has 0 aliphatic rings. The molecule has 3 rings (SSSR count). The number of hydrogen-bond donors (Lipinski definition) is 2. The molecule has 1 heterocycles. The second-order valence-corrected chi connectivity index (χ2v) is 6.19. The van der Waals surface area contributed by atoms with Crippen LogP contribution >= 0.6 is 0 Å². The fraction of sp³-hybridized carbons (Fsp3) is 0.227. The quantitative estimate of drug-likeness (QED) is 0.553. The number of amides is 1. The molecule has 3 aromatic rings. The third-order valence-electron chi connectivity index (χ3n) is 4.12. The van der Waals surface area contributed by atoms with E-state index in [1.807, 2.05) is 49.4 Å². The zero-order chi connectivity index (χ0) is 19.6. The number of carbonyl (C=O) groups is 1. The molecule has 0 saturated carbocycles. The molecule has 0 unspecified atom stereocenters. The zero-order valence-electron chi connectivity index (χ0n) is 15.9. The van der Waals surface area contributed by atoms with Crippen molar-refractivity contribution in [1.82, 2.24) is 15.3 Å². The van der Waals surface area contributed by atoms with Gasteiger partial charge in [-0.05, 0) is 37.5 Å². The lowest BCUT2D eigenvalue weighted by atomic mass is 10.1. The molecule has 0 aliphatic carbocycles. The van der Waals surface area contributed by atoms with Crippen molar-refractivity contribution >= 4 is 17.4 Å². The maximum Gasteiger partial charge on any atom is 0.270 e. The molecular formula is C22H24N4O2. The fourth-order valence-corrected chi connectivity index (χ4v) is 2.77. The molecule has 144 valence electrons. The number of anilines is 2. The Bertz CT molecular complexity index is 900. The Morgan fingerprint density at radius 3 is 2.64 bits per heavy atom. The predicted octanol–water partition coefficient (Wildman–Crippen LogP) is 3.98. The smallest absolute Gasteiger partial charge is 0.270 e. The fourth-order valence-electron chi connectivity index (χ4n) is 2.77. The van der Waals surface area contributed by atoms with Gasteiger partial charge in [0.1, 0.15) is 23.6 Å². The summed E-state index contributed by atoms with van der Waals surface area (Å²) in [4.78, 5) is 20.7. The lowest BCUT2D eigenvalue weighted by Gasteiger charge is -2.12. The highest BCUT2D eigenvalue weighted by Gasteiger charge is 2.10. The van der Waals surface area contributed by atoms with Gasteiger partial charge >= 0.3 is 0 Å². The Hall–Kier alpha value is -3.41. The predicted molar refractivity (Wildman–Crippen MR) is 110 cm³/mol. The first kappa shape index (κ1) is 19.4. The molecule has 0 bridgehead atoms. The summed E-state index contributed by atoms with van der Waals surface area (Å²) in [6.45, 7) is 3.09. The van der Waals surface area contributed by atoms with Gasteiger partial charge in [-0.2, -0.15) is 0 Å². The number of rotatable bonds is 9. The summed E-state index contributed by atoms with van der Waals surface area (Å²) in [5, 5.41) is 6.10. The maximum atomic E-state index is 12.4. The van der Waals surface area contributed by atoms with Crippen LogP contribution in [0.3, 0.4) is 0 Å². The molecule has 1 aromatic heterocycles. The second kappa shape index (κ2) is 10.1. The number of nitrogens with one attached hydrogen (secondary N) is 2. The van der Waals surface area contributed by atoms with E-state index in [-0.39, 0.29) is 5.91 Å². The number of aryl methyl sites for hydroxylation is 1. The van der Waals surface area contributed by atoms with Crippen LogP contribution in [0.5, 0.6) is 5.75 Å². The number of nitrogens with zero attached hydrogens (tertiary/aromatic N) is 2. The summed E-state index contributed by atoms with van der Waals surface area (Å²) in [6, 6.07) is 19.4. The van der Waals surface area contributed by atoms with Gasteiger partial charge in [-0.15, -0.1) is 0 Å². The van der Waals surface area contributed by atoms with E-state index >= 15 is 0 Å². The van der Waals surface area contributed by atoms with Gasteiger partial charge in [0.05, 0.1) is 12.3 Å². The number of ether oxygens (including phenoxy) is 1. The van der Waals surface area contributed by atoms with E-state index in [1.54, 1.807) is 6.07 Å². The standard InChI is InChI=1S/C22H24N4O2/c1-2-28-20-13-7-6-12-18(20)26-21-15-19(24-16-25-21)22(27)23-14-8-11-17-9-4-3-5-10-17/h3-7,9-10,12-13,15-16H,2,8,11,14H2,1H3,(H,23,27)(H,24,25,26). The van der Waals surface area contributed by atoms with E-state index in [2.05, 4.69) is 32.7 Å². The summed E-state index contributed by atoms with van der Waals surface area (Å²) < 4.78 is 5.60. The average molecular weight is 376 g/mol. The van der Waals surface area contributed by atoms with E-state index in [9.17, 15) is 4.79 Å². The highest BCUT2D eigenvalue weighted by atomic mass is 16.5. The third-order valence-corrected chi connectivity index (χ3v) is 4.12. The number of carbonyl (C=O) groups excluding carboxylic acids is 1. The van der Waals surface area contributed by atoms with Crippen molar-refractivity contribution in [2.24, 2.45) is 0 Å². The molecule has 28 heavy (non-hydrogen) atoms. The topological polar surface area (TPSA) is 76.1 Å². The molecule has 1 amide bonds. The summed E-state index contributed by atoms with van der Waals surface area (Å²) in [5.74, 6) is 1.06. The summed E-state index contributed by atoms with van der Waals surface area (Å²) in [5.41, 5.74) is 2.38. The molecule has 0 aliphatic heterocycles. The Morgan fingerprint density at radius 1 is 1.04 bits per heavy atom. The van der Waals surface area contributed by atoms with Gasteiger partial charge in [0.25, 0.3) is 5.91 Å². The Kier molecular flexibility index (Phi) is 6.95. The van der Waals surface area contributed by atoms with Crippen LogP contribution in [0.15, 0.2) is 67.0 Å². The van der Waals surface area contributed by atoms with E-state index < -0.39 is 0 Å². The van der Waals surface area contributed by atoms with Crippen LogP contribution < -0.4 is 15.4 Å². The van der Waals surface area contributed by atoms with Crippen LogP contribution in [0.4, 0.5) is 11.5 Å². The molecule has 0 saturated heterocycles. The van der Waals surface area contributed by atoms with Gasteiger partial charge in [0.2, 0.25) is 0 Å². The van der Waals surface area contributed by atoms with Gasteiger partial charge in [-0.1, -0.05) is 42.5 Å². The number of aromatic nitrogens is 2. The van der Waals surface area contributed by atoms with E-state index in [0.717, 1.165) is 24.3 Å². The normalized spacial score (nSPS) is 10.3. The number of hydrogen-bond acceptors (Lipinski definition) is 5. The molecule has 6 nitrogen and oxygen atoms in total. The highest BCUT2D eigenvalue weighted by Crippen LogP contribution is 2.26. The van der Waals surface area contributed by atoms with Crippen molar-refractivity contribution in [1.29, 1.82) is 0 Å². The monoisotopic (exact) mass is 376 g/mol. The zero-order valence-corrected chi connectivity index (χ0v) is 15.9. The van der Waals surface area contributed by atoms with Crippen LogP contribution in [0.1, 0.15) is 29.4 Å². The first-order chi connectivity index (χ1) is 13.8. The van der Waals surface area contributed by atoms with Gasteiger partial charge in [-0.25, -0.2) is 9.97 Å². The first-order valence-electron chi connectivity index (χ1n) is 9.39. The maximum absolute atomic E-state index is 12.4. The van der Waals surface area contributed by atoms with Gasteiger partial charge in [-0.3, -0.25) is 4.79 Å². The molecule has 2 N–H and O–H groups in total. The van der Waals surface area contributed by atoms with Crippen LogP contribution in [-0.4, -0.2) is 29.0 Å². The summed E-state index contributed by atoms with van der Waals surface area (Å²) in [7, 11) is 0. The third kappa shape index (κ3) is 5.54. The van der Waals surface area contributed by atoms with Gasteiger partial charge < -0.3 is 15.4 Å². The van der Waals surface area contributed by atoms with Gasteiger partial charge in [0.15, 0.2) is 0 Å². The average Bonchev–Trinajstić information content (AvgIpc) is 2.74. The van der Waals surface area contributed by atoms with Crippen LogP contribution in [0.25, 0.3) is 0 Å². The van der Waals surface area contributed by atoms with Gasteiger partial charge in [0, 0.05) is 12.6 Å². The highest BCUT2D eigenvalue weighted by molar-refractivity contribution is 5.93. The minimum absolute atomic E-state index is 0.211. The SMILES string of the molecule is CCOc1ccccc1Nc1cc(C(=O)NCCCc2ccccc2)ncn1. The number of para-hydroxylation sites is 2. The van der Waals surface area contributed by atoms with Crippen LogP contribution in [0, 0.1) is 0 Å². The van der Waals surface area contributed by atoms with Crippen molar-refractivity contribution in [3.05, 3.63) is 78.2 Å². The minimum atomic E-state index is -0.211. The molecule has 6 heteroatoms. The van der Waals surface area contributed by atoms with Crippen molar-refractivity contribution in [3.63, 3.8) is 0 Å². The van der Waals surface area contributed by atoms with E-state index in [4.69, 9.17) is 4.74 Å². The number of benzene rings is 2. The Labute approximate surface area is 165 Å². The Morgan fingerprint density at radius 2 is 1.82 bits per heavy atom. The Balaban J connectivity index is 1.56. The molecule has 0 spiro atoms. The molecule has 0 radical (unpaired) electrons. The molecular weight excluding hydrogens is 352 g/mol. The van der Waals surface area contributed by atoms with Crippen LogP contribution in [0.2, 0.25) is 0 Å². The molecule has 0 fully saturated rings. The van der Waals surface area contributed by atoms with E-state index in [1.165, 1.54) is 11.9 Å². The lowest BCUT2D eigenvalue weighted by molar-refractivity contribution is 0.0948. The van der Waals surface area contributed by atoms with Crippen molar-refractivity contribution in [2.45, 2.75) is 19.8 Å². The largest absolute Gasteiger partial charge is 0.492 e. The van der Waals surface area contributed by atoms with Crippen molar-refractivity contribution < 1.29 is 9.53 Å². The summed E-state index contributed by atoms with van der Waals surface area (Å²) in [6.07, 6.45) is 3.17. The van der Waals surface area contributed by atoms with E-state index in [0.29, 0.717) is 24.7 Å². The molecule has 0 atom stereocenters. The second-order valence-electron chi connectivity index (χ2n) is 6.19. The molecule has 2 aromatic carbocycles. The lowest BCUT2D eigenvalue weighted by Crippen LogP contribution is -2.25. The van der Waals surface area contributed by atoms with Crippen LogP contribution in [-0.2, 0) is 6.42 Å². The van der Waals surface area contributed by atoms with Crippen molar-refractivity contribution in [2.75, 3.05) is 18.5 Å².